The minimum atomic E-state index is -0.292. The van der Waals surface area contributed by atoms with Crippen LogP contribution in [0.25, 0.3) is 0 Å². The molecule has 0 aliphatic heterocycles. The summed E-state index contributed by atoms with van der Waals surface area (Å²) in [5.41, 5.74) is 0.753. The maximum atomic E-state index is 13.4. The van der Waals surface area contributed by atoms with E-state index in [9.17, 15) is 34.8 Å². The van der Waals surface area contributed by atoms with Gasteiger partial charge in [0.1, 0.15) is 6.10 Å². The molecule has 0 aromatic rings. The van der Waals surface area contributed by atoms with Crippen LogP contribution < -0.4 is 10.6 Å². The fraction of sp³-hybridized carbons (Fsp3) is 0.954. The lowest BCUT2D eigenvalue weighted by atomic mass is 9.41. The Balaban J connectivity index is 0.760. The van der Waals surface area contributed by atoms with Crippen LogP contribution in [0.4, 0.5) is 0 Å². The number of nitrogens with one attached hydrogen (secondary N) is 2. The maximum absolute atomic E-state index is 13.4. The lowest BCUT2D eigenvalue weighted by Gasteiger charge is -2.64. The summed E-state index contributed by atoms with van der Waals surface area (Å²) in [4.78, 5) is 41.8. The summed E-state index contributed by atoms with van der Waals surface area (Å²) >= 11 is 0. The number of aliphatic hydroxyl groups excluding tert-OH is 4. The molecule has 436 valence electrons. The van der Waals surface area contributed by atoms with E-state index < -0.39 is 0 Å². The van der Waals surface area contributed by atoms with Gasteiger partial charge in [0.2, 0.25) is 11.8 Å². The molecule has 8 saturated carbocycles. The third kappa shape index (κ3) is 12.1. The molecule has 0 bridgehead atoms. The number of nitrogens with zero attached hydrogens (tertiary/aromatic N) is 1. The highest BCUT2D eigenvalue weighted by Crippen LogP contribution is 2.71. The first-order valence-electron chi connectivity index (χ1n) is 32.2. The topological polar surface area (TPSA) is 169 Å². The number of ether oxygens (including phenoxy) is 1. The third-order valence-corrected chi connectivity index (χ3v) is 25.3. The lowest BCUT2D eigenvalue weighted by Crippen LogP contribution is -2.62. The largest absolute Gasteiger partial charge is 0.462 e. The average Bonchev–Trinajstić information content (AvgIpc) is 3.93. The van der Waals surface area contributed by atoms with Crippen molar-refractivity contribution in [1.82, 2.24) is 15.5 Å². The van der Waals surface area contributed by atoms with Gasteiger partial charge in [0, 0.05) is 32.4 Å². The van der Waals surface area contributed by atoms with Crippen LogP contribution in [0.5, 0.6) is 0 Å². The summed E-state index contributed by atoms with van der Waals surface area (Å²) in [5, 5.41) is 52.1. The molecule has 0 aromatic heterocycles. The van der Waals surface area contributed by atoms with Crippen molar-refractivity contribution < 1.29 is 39.5 Å². The van der Waals surface area contributed by atoms with Crippen molar-refractivity contribution in [1.29, 1.82) is 0 Å². The van der Waals surface area contributed by atoms with E-state index in [4.69, 9.17) is 4.74 Å². The van der Waals surface area contributed by atoms with Gasteiger partial charge in [-0.05, 0) is 260 Å². The van der Waals surface area contributed by atoms with E-state index in [2.05, 4.69) is 70.9 Å². The van der Waals surface area contributed by atoms with E-state index in [1.165, 1.54) is 51.4 Å². The first-order chi connectivity index (χ1) is 36.1. The molecule has 0 saturated heterocycles. The predicted octanol–water partition coefficient (Wildman–Crippen LogP) is 11.1. The molecule has 2 amide bonds. The summed E-state index contributed by atoms with van der Waals surface area (Å²) in [6.07, 6.45) is 22.3. The Labute approximate surface area is 462 Å². The van der Waals surface area contributed by atoms with Crippen molar-refractivity contribution in [3.05, 3.63) is 0 Å². The zero-order valence-electron chi connectivity index (χ0n) is 49.8. The van der Waals surface area contributed by atoms with E-state index in [0.717, 1.165) is 90.0 Å². The number of esters is 1. The van der Waals surface area contributed by atoms with Crippen LogP contribution in [0, 0.1) is 105 Å². The molecule has 11 heteroatoms. The fourth-order valence-corrected chi connectivity index (χ4v) is 21.3. The van der Waals surface area contributed by atoms with Gasteiger partial charge in [-0.15, -0.1) is 0 Å². The minimum absolute atomic E-state index is 0.0906. The van der Waals surface area contributed by atoms with Crippen molar-refractivity contribution in [2.45, 2.75) is 253 Å². The number of carbonyl (C=O) groups excluding carboxylic acids is 3. The van der Waals surface area contributed by atoms with E-state index in [1.54, 1.807) is 0 Å². The summed E-state index contributed by atoms with van der Waals surface area (Å²) < 4.78 is 6.06. The first kappa shape index (κ1) is 60.3. The lowest BCUT2D eigenvalue weighted by molar-refractivity contribution is -0.203. The average molecular weight is 1060 g/mol. The number of hydrogen-bond donors (Lipinski definition) is 6. The Kier molecular flexibility index (Phi) is 20.0. The Hall–Kier alpha value is -1.79. The molecule has 8 aliphatic rings. The van der Waals surface area contributed by atoms with Crippen LogP contribution in [0.15, 0.2) is 0 Å². The first-order valence-corrected chi connectivity index (χ1v) is 32.2. The van der Waals surface area contributed by atoms with Crippen LogP contribution in [0.2, 0.25) is 0 Å². The number of hydrogen-bond acceptors (Lipinski definition) is 9. The number of amides is 2. The summed E-state index contributed by atoms with van der Waals surface area (Å²) in [7, 11) is 4.02. The highest BCUT2D eigenvalue weighted by atomic mass is 16.5. The van der Waals surface area contributed by atoms with Gasteiger partial charge in [0.15, 0.2) is 0 Å². The Morgan fingerprint density at radius 1 is 0.539 bits per heavy atom. The van der Waals surface area contributed by atoms with E-state index in [-0.39, 0.29) is 81.8 Å². The van der Waals surface area contributed by atoms with E-state index >= 15 is 0 Å². The molecule has 0 spiro atoms. The highest BCUT2D eigenvalue weighted by Gasteiger charge is 2.67. The Morgan fingerprint density at radius 3 is 1.36 bits per heavy atom. The molecule has 6 N–H and O–H groups in total. The minimum Gasteiger partial charge on any atom is -0.462 e. The predicted molar refractivity (Wildman–Crippen MR) is 303 cm³/mol. The third-order valence-electron chi connectivity index (χ3n) is 25.3. The smallest absolute Gasteiger partial charge is 0.306 e. The van der Waals surface area contributed by atoms with Gasteiger partial charge in [-0.3, -0.25) is 14.4 Å². The highest BCUT2D eigenvalue weighted by molar-refractivity contribution is 5.76. The summed E-state index contributed by atoms with van der Waals surface area (Å²) in [6.45, 7) is 21.2. The molecular weight excluding hydrogens is 951 g/mol. The zero-order chi connectivity index (χ0) is 54.9. The Morgan fingerprint density at radius 2 is 0.947 bits per heavy atom. The van der Waals surface area contributed by atoms with Crippen molar-refractivity contribution in [2.24, 2.45) is 105 Å². The van der Waals surface area contributed by atoms with Gasteiger partial charge in [0.05, 0.1) is 24.4 Å². The molecule has 22 atom stereocenters. The quantitative estimate of drug-likeness (QED) is 0.0431. The maximum Gasteiger partial charge on any atom is 0.306 e. The monoisotopic (exact) mass is 1060 g/mol. The van der Waals surface area contributed by atoms with Crippen LogP contribution in [-0.4, -0.2) is 107 Å². The van der Waals surface area contributed by atoms with Gasteiger partial charge in [0.25, 0.3) is 0 Å². The van der Waals surface area contributed by atoms with Gasteiger partial charge in [-0.2, -0.15) is 0 Å². The van der Waals surface area contributed by atoms with Gasteiger partial charge in [-0.1, -0.05) is 68.2 Å². The van der Waals surface area contributed by atoms with Crippen LogP contribution >= 0.6 is 0 Å². The molecule has 8 fully saturated rings. The van der Waals surface area contributed by atoms with Crippen LogP contribution in [0.1, 0.15) is 222 Å². The molecule has 8 rings (SSSR count). The SMILES string of the molecule is CC[C@H]1[C@@H](O)[C@@H]2[C@H](CC[C@]3(C)[C@@H]([C@H](C)CCC(=O)NCCCC(CCCNC(=O)CC[C@@H](C)[C@H]4CC[C@H]5[C@@H]6[C@H](O)[C@H](CC)[C@@H]7C[C@H](O)CC[C@]7(C)[C@H]6CC[C@]45C)OC(=O)CCCN(C)C)CC[C@@H]23)[C@@]2(C)CC[C@@H](O)C[C@@H]12. The second-order valence-electron chi connectivity index (χ2n) is 29.3. The van der Waals surface area contributed by atoms with Gasteiger partial charge in [-0.25, -0.2) is 0 Å². The number of aliphatic hydroxyl groups is 4. The van der Waals surface area contributed by atoms with Crippen LogP contribution in [0.3, 0.4) is 0 Å². The molecule has 0 radical (unpaired) electrons. The zero-order valence-corrected chi connectivity index (χ0v) is 49.8. The Bertz CT molecular complexity index is 1810. The second-order valence-corrected chi connectivity index (χ2v) is 29.3. The number of carbonyl (C=O) groups is 3. The molecular formula is C65H113N3O8. The summed E-state index contributed by atoms with van der Waals surface area (Å²) in [6, 6.07) is 0. The number of fused-ring (bicyclic) bond motifs is 10. The molecule has 8 aliphatic carbocycles. The number of rotatable bonds is 23. The normalized spacial score (nSPS) is 43.8. The molecule has 0 heterocycles. The molecule has 0 aromatic carbocycles. The van der Waals surface area contributed by atoms with Crippen molar-refractivity contribution in [3.8, 4) is 0 Å². The van der Waals surface area contributed by atoms with Crippen LogP contribution in [-0.2, 0) is 19.1 Å². The van der Waals surface area contributed by atoms with Crippen molar-refractivity contribution in [2.75, 3.05) is 33.7 Å². The van der Waals surface area contributed by atoms with Crippen molar-refractivity contribution in [3.63, 3.8) is 0 Å². The van der Waals surface area contributed by atoms with E-state index in [0.29, 0.717) is 116 Å². The van der Waals surface area contributed by atoms with E-state index in [1.807, 2.05) is 14.1 Å². The standard InChI is InChI=1S/C65H113N3O8/c1-11-45-53-38-42(69)27-31-64(53,7)51-29-33-62(5)47(21-23-49(62)58(51)60(45)74)40(3)19-25-55(71)66-35-13-16-44(76-57(73)18-15-37-68(9)10)17-14-36-67-56(72)26-20-41(4)48-22-24-50-59-52(30-34-63(48,50)6)65(8)32-28-43(70)39-54(65)46(12-2)61(59)75/h40-54,58-61,69-70,74-75H,11-39H2,1-10H3,(H,66,71)(H,67,72)/t40-,41-,42-,43-,45-,46-,47-,48-,49+,50+,51+,52+,53+,54+,58+,59+,60-,61-,62-,63-,64-,65-/m1/s1. The second kappa shape index (κ2) is 25.1. The van der Waals surface area contributed by atoms with Gasteiger partial charge < -0.3 is 40.7 Å². The van der Waals surface area contributed by atoms with Gasteiger partial charge >= 0.3 is 5.97 Å². The summed E-state index contributed by atoms with van der Waals surface area (Å²) in [5.74, 6) is 6.02. The molecule has 11 nitrogen and oxygen atoms in total. The molecule has 76 heavy (non-hydrogen) atoms. The molecule has 0 unspecified atom stereocenters. The fourth-order valence-electron chi connectivity index (χ4n) is 21.3. The van der Waals surface area contributed by atoms with Crippen molar-refractivity contribution >= 4 is 17.8 Å².